The molecule has 2 aliphatic rings. The maximum atomic E-state index is 13.3. The number of pyridine rings is 1. The van der Waals surface area contributed by atoms with Crippen LogP contribution >= 0.6 is 11.8 Å². The summed E-state index contributed by atoms with van der Waals surface area (Å²) in [6.07, 6.45) is 2.75. The molecule has 0 saturated heterocycles. The molecule has 4 nitrogen and oxygen atoms in total. The highest BCUT2D eigenvalue weighted by Crippen LogP contribution is 2.48. The molecule has 1 saturated carbocycles. The van der Waals surface area contributed by atoms with E-state index in [0.29, 0.717) is 17.2 Å². The van der Waals surface area contributed by atoms with Gasteiger partial charge in [0, 0.05) is 17.4 Å². The fourth-order valence-corrected chi connectivity index (χ4v) is 6.23. The number of carbonyl (C=O) groups excluding carboxylic acids is 1. The first-order chi connectivity index (χ1) is 16.2. The van der Waals surface area contributed by atoms with Crippen molar-refractivity contribution in [2.45, 2.75) is 36.4 Å². The summed E-state index contributed by atoms with van der Waals surface area (Å²) in [7, 11) is 0. The number of hydrogen-bond acceptors (Lipinski definition) is 3. The third kappa shape index (κ3) is 3.76. The van der Waals surface area contributed by atoms with E-state index in [4.69, 9.17) is 0 Å². The van der Waals surface area contributed by atoms with Crippen LogP contribution in [0.15, 0.2) is 88.7 Å². The lowest BCUT2D eigenvalue weighted by Crippen LogP contribution is -2.37. The molecule has 0 unspecified atom stereocenters. The van der Waals surface area contributed by atoms with Crippen LogP contribution in [0, 0.1) is 0 Å². The molecule has 2 heterocycles. The molecule has 6 rings (SSSR count). The monoisotopic (exact) mass is 452 g/mol. The molecule has 1 aliphatic carbocycles. The molecule has 1 amide bonds. The van der Waals surface area contributed by atoms with E-state index >= 15 is 0 Å². The van der Waals surface area contributed by atoms with E-state index in [2.05, 4.69) is 47.8 Å². The predicted molar refractivity (Wildman–Crippen MR) is 133 cm³/mol. The highest BCUT2D eigenvalue weighted by atomic mass is 32.2. The van der Waals surface area contributed by atoms with Crippen molar-refractivity contribution in [3.63, 3.8) is 0 Å². The van der Waals surface area contributed by atoms with Gasteiger partial charge in [0.25, 0.3) is 11.5 Å². The van der Waals surface area contributed by atoms with Crippen LogP contribution in [0.1, 0.15) is 52.0 Å². The van der Waals surface area contributed by atoms with Crippen molar-refractivity contribution in [3.05, 3.63) is 111 Å². The predicted octanol–water partition coefficient (Wildman–Crippen LogP) is 5.50. The number of nitrogens with one attached hydrogen (secondary N) is 1. The Balaban J connectivity index is 1.38. The van der Waals surface area contributed by atoms with E-state index < -0.39 is 0 Å². The molecule has 33 heavy (non-hydrogen) atoms. The molecule has 1 N–H and O–H groups in total. The lowest BCUT2D eigenvalue weighted by atomic mass is 9.95. The van der Waals surface area contributed by atoms with Gasteiger partial charge < -0.3 is 5.32 Å². The van der Waals surface area contributed by atoms with E-state index in [1.54, 1.807) is 23.9 Å². The Hall–Kier alpha value is -3.31. The van der Waals surface area contributed by atoms with Crippen molar-refractivity contribution in [3.8, 4) is 0 Å². The number of nitrogens with zero attached hydrogens (tertiary/aromatic N) is 1. The van der Waals surface area contributed by atoms with E-state index in [0.717, 1.165) is 29.9 Å². The Morgan fingerprint density at radius 2 is 1.70 bits per heavy atom. The van der Waals surface area contributed by atoms with Crippen LogP contribution in [0.3, 0.4) is 0 Å². The first-order valence-electron chi connectivity index (χ1n) is 11.4. The van der Waals surface area contributed by atoms with Gasteiger partial charge in [0.05, 0.1) is 5.03 Å². The highest BCUT2D eigenvalue weighted by Gasteiger charge is 2.36. The van der Waals surface area contributed by atoms with Gasteiger partial charge in [-0.25, -0.2) is 0 Å². The van der Waals surface area contributed by atoms with Gasteiger partial charge in [-0.1, -0.05) is 60.7 Å². The molecule has 3 aromatic carbocycles. The number of aromatic nitrogens is 1. The molecule has 4 aromatic rings. The van der Waals surface area contributed by atoms with Crippen LogP contribution in [0.2, 0.25) is 0 Å². The molecular weight excluding hydrogens is 428 g/mol. The van der Waals surface area contributed by atoms with Crippen molar-refractivity contribution in [1.82, 2.24) is 9.88 Å². The largest absolute Gasteiger partial charge is 0.331 e. The van der Waals surface area contributed by atoms with Gasteiger partial charge in [-0.05, 0) is 64.8 Å². The number of rotatable bonds is 5. The topological polar surface area (TPSA) is 51.1 Å². The lowest BCUT2D eigenvalue weighted by Gasteiger charge is -2.19. The van der Waals surface area contributed by atoms with Gasteiger partial charge in [0.15, 0.2) is 0 Å². The second-order valence-electron chi connectivity index (χ2n) is 8.85. The van der Waals surface area contributed by atoms with Crippen LogP contribution in [0.4, 0.5) is 0 Å². The number of benzene rings is 3. The summed E-state index contributed by atoms with van der Waals surface area (Å²) in [6.45, 7) is 0. The zero-order valence-electron chi connectivity index (χ0n) is 18.2. The van der Waals surface area contributed by atoms with Crippen molar-refractivity contribution in [2.24, 2.45) is 0 Å². The quantitative estimate of drug-likeness (QED) is 0.435. The summed E-state index contributed by atoms with van der Waals surface area (Å²) in [4.78, 5) is 26.1. The third-order valence-corrected chi connectivity index (χ3v) is 7.77. The first kappa shape index (κ1) is 20.3. The van der Waals surface area contributed by atoms with E-state index in [1.165, 1.54) is 21.9 Å². The molecule has 0 spiro atoms. The molecule has 1 fully saturated rings. The van der Waals surface area contributed by atoms with Crippen LogP contribution < -0.4 is 10.9 Å². The summed E-state index contributed by atoms with van der Waals surface area (Å²) < 4.78 is 1.81. The first-order valence-corrected chi connectivity index (χ1v) is 12.4. The summed E-state index contributed by atoms with van der Waals surface area (Å²) >= 11 is 1.70. The molecule has 0 radical (unpaired) electrons. The summed E-state index contributed by atoms with van der Waals surface area (Å²) in [5, 5.41) is 6.58. The van der Waals surface area contributed by atoms with Gasteiger partial charge in [-0.15, -0.1) is 11.8 Å². The number of carbonyl (C=O) groups is 1. The van der Waals surface area contributed by atoms with Crippen LogP contribution in [-0.4, -0.2) is 16.2 Å². The molecule has 1 aliphatic heterocycles. The number of fused-ring (bicyclic) bond motifs is 2. The number of hydrogen-bond donors (Lipinski definition) is 1. The van der Waals surface area contributed by atoms with Crippen molar-refractivity contribution in [2.75, 3.05) is 5.75 Å². The van der Waals surface area contributed by atoms with E-state index in [-0.39, 0.29) is 17.6 Å². The minimum absolute atomic E-state index is 0.0343. The van der Waals surface area contributed by atoms with Gasteiger partial charge >= 0.3 is 0 Å². The SMILES string of the molecule is O=C(N[C@@H]1CSc2c(C3CC3)c(Cc3cccc4ccccc34)cc(=O)n21)c1ccccc1. The molecule has 164 valence electrons. The smallest absolute Gasteiger partial charge is 0.253 e. The van der Waals surface area contributed by atoms with Gasteiger partial charge in [0.1, 0.15) is 6.17 Å². The number of thioether (sulfide) groups is 1. The van der Waals surface area contributed by atoms with Gasteiger partial charge in [0.2, 0.25) is 0 Å². The zero-order chi connectivity index (χ0) is 22.4. The van der Waals surface area contributed by atoms with Gasteiger partial charge in [-0.2, -0.15) is 0 Å². The Kier molecular flexibility index (Phi) is 5.07. The zero-order valence-corrected chi connectivity index (χ0v) is 19.0. The third-order valence-electron chi connectivity index (χ3n) is 6.60. The summed E-state index contributed by atoms with van der Waals surface area (Å²) in [6, 6.07) is 25.8. The minimum atomic E-state index is -0.325. The minimum Gasteiger partial charge on any atom is -0.331 e. The standard InChI is InChI=1S/C28H24N2O2S/c31-25-16-22(15-21-11-6-10-18-7-4-5-12-23(18)21)26(19-13-14-19)28-30(25)24(17-33-28)29-27(32)20-8-2-1-3-9-20/h1-12,16,19,24H,13-15,17H2,(H,29,32)/t24-/m0/s1. The van der Waals surface area contributed by atoms with Crippen LogP contribution in [-0.2, 0) is 6.42 Å². The molecule has 1 aromatic heterocycles. The maximum Gasteiger partial charge on any atom is 0.253 e. The van der Waals surface area contributed by atoms with Crippen molar-refractivity contribution >= 4 is 28.4 Å². The van der Waals surface area contributed by atoms with E-state index in [9.17, 15) is 9.59 Å². The average Bonchev–Trinajstić information content (AvgIpc) is 3.59. The van der Waals surface area contributed by atoms with Gasteiger partial charge in [-0.3, -0.25) is 14.2 Å². The Morgan fingerprint density at radius 3 is 2.52 bits per heavy atom. The summed E-state index contributed by atoms with van der Waals surface area (Å²) in [5.41, 5.74) is 4.26. The molecule has 0 bridgehead atoms. The molecule has 5 heteroatoms. The second-order valence-corrected chi connectivity index (χ2v) is 9.86. The van der Waals surface area contributed by atoms with E-state index in [1.807, 2.05) is 28.8 Å². The highest BCUT2D eigenvalue weighted by molar-refractivity contribution is 7.99. The lowest BCUT2D eigenvalue weighted by molar-refractivity contribution is 0.0925. The van der Waals surface area contributed by atoms with Crippen molar-refractivity contribution in [1.29, 1.82) is 0 Å². The fourth-order valence-electron chi connectivity index (χ4n) is 4.88. The molecular formula is C28H24N2O2S. The van der Waals surface area contributed by atoms with Crippen LogP contribution in [0.5, 0.6) is 0 Å². The fraction of sp³-hybridized carbons (Fsp3) is 0.214. The Bertz CT molecular complexity index is 1420. The maximum absolute atomic E-state index is 13.3. The molecule has 1 atom stereocenters. The van der Waals surface area contributed by atoms with Crippen molar-refractivity contribution < 1.29 is 4.79 Å². The Morgan fingerprint density at radius 1 is 0.939 bits per heavy atom. The Labute approximate surface area is 196 Å². The average molecular weight is 453 g/mol. The summed E-state index contributed by atoms with van der Waals surface area (Å²) in [5.74, 6) is 1.03. The van der Waals surface area contributed by atoms with Crippen LogP contribution in [0.25, 0.3) is 10.8 Å². The normalized spacial score (nSPS) is 17.2. The second kappa shape index (κ2) is 8.23. The number of amides is 1.